The predicted molar refractivity (Wildman–Crippen MR) is 92.1 cm³/mol. The van der Waals surface area contributed by atoms with Gasteiger partial charge in [-0.3, -0.25) is 33.6 Å². The summed E-state index contributed by atoms with van der Waals surface area (Å²) in [6.07, 6.45) is 0.582. The van der Waals surface area contributed by atoms with Gasteiger partial charge in [0.1, 0.15) is 12.1 Å². The number of nitrogens with one attached hydrogen (secondary N) is 1. The van der Waals surface area contributed by atoms with E-state index in [4.69, 9.17) is 4.18 Å². The Morgan fingerprint density at radius 2 is 1.85 bits per heavy atom. The molecular weight excluding hydrogens is 376 g/mol. The number of carbonyl (C=O) groups is 4. The Labute approximate surface area is 155 Å². The molecule has 2 atom stereocenters. The first-order chi connectivity index (χ1) is 12.6. The largest absolute Gasteiger partial charge is 0.295 e. The van der Waals surface area contributed by atoms with Gasteiger partial charge in [-0.15, -0.1) is 0 Å². The molecule has 0 aliphatic carbocycles. The van der Waals surface area contributed by atoms with Crippen molar-refractivity contribution >= 4 is 33.7 Å². The van der Waals surface area contributed by atoms with Crippen LogP contribution in [0.1, 0.15) is 58.6 Å². The highest BCUT2D eigenvalue weighted by molar-refractivity contribution is 7.86. The summed E-state index contributed by atoms with van der Waals surface area (Å²) in [6.45, 7) is 1.73. The maximum absolute atomic E-state index is 12.8. The van der Waals surface area contributed by atoms with Gasteiger partial charge >= 0.3 is 0 Å². The summed E-state index contributed by atoms with van der Waals surface area (Å²) in [7, 11) is -3.71. The topological polar surface area (TPSA) is 127 Å². The van der Waals surface area contributed by atoms with Gasteiger partial charge < -0.3 is 0 Å². The molecule has 1 aromatic rings. The zero-order chi connectivity index (χ0) is 19.9. The number of nitrogens with zero attached hydrogens (tertiary/aromatic N) is 1. The van der Waals surface area contributed by atoms with Crippen LogP contribution in [0.25, 0.3) is 0 Å². The van der Waals surface area contributed by atoms with Crippen LogP contribution in [-0.2, 0) is 23.9 Å². The number of carbonyl (C=O) groups excluding carboxylic acids is 4. The van der Waals surface area contributed by atoms with Crippen LogP contribution >= 0.6 is 0 Å². The highest BCUT2D eigenvalue weighted by atomic mass is 32.2. The maximum Gasteiger partial charge on any atom is 0.264 e. The molecule has 3 rings (SSSR count). The van der Waals surface area contributed by atoms with Crippen molar-refractivity contribution < 1.29 is 31.8 Å². The van der Waals surface area contributed by atoms with Crippen molar-refractivity contribution in [1.29, 1.82) is 0 Å². The van der Waals surface area contributed by atoms with Gasteiger partial charge in [0.05, 0.1) is 17.4 Å². The number of piperidine rings is 1. The lowest BCUT2D eigenvalue weighted by atomic mass is 10.0. The summed E-state index contributed by atoms with van der Waals surface area (Å²) in [4.78, 5) is 49.6. The van der Waals surface area contributed by atoms with Crippen LogP contribution in [0.3, 0.4) is 0 Å². The van der Waals surface area contributed by atoms with Crippen LogP contribution in [-0.4, -0.2) is 49.2 Å². The highest BCUT2D eigenvalue weighted by Crippen LogP contribution is 2.31. The first-order valence-electron chi connectivity index (χ1n) is 8.36. The van der Waals surface area contributed by atoms with Gasteiger partial charge in [0.25, 0.3) is 21.9 Å². The monoisotopic (exact) mass is 394 g/mol. The number of hydrogen-bond donors (Lipinski definition) is 1. The molecule has 0 spiro atoms. The van der Waals surface area contributed by atoms with Gasteiger partial charge in [-0.1, -0.05) is 13.0 Å². The second-order valence-corrected chi connectivity index (χ2v) is 8.05. The molecule has 10 heteroatoms. The second-order valence-electron chi connectivity index (χ2n) is 6.45. The van der Waals surface area contributed by atoms with Gasteiger partial charge in [0, 0.05) is 6.42 Å². The van der Waals surface area contributed by atoms with Crippen LogP contribution in [0.5, 0.6) is 0 Å². The number of imide groups is 2. The zero-order valence-electron chi connectivity index (χ0n) is 14.7. The van der Waals surface area contributed by atoms with Crippen molar-refractivity contribution in [2.75, 3.05) is 6.26 Å². The Morgan fingerprint density at radius 3 is 2.44 bits per heavy atom. The Kier molecular flexibility index (Phi) is 4.87. The molecule has 144 valence electrons. The van der Waals surface area contributed by atoms with E-state index < -0.39 is 45.9 Å². The molecule has 1 saturated heterocycles. The first-order valence-corrected chi connectivity index (χ1v) is 10.2. The summed E-state index contributed by atoms with van der Waals surface area (Å²) in [5.41, 5.74) is 0.647. The van der Waals surface area contributed by atoms with E-state index in [1.807, 2.05) is 0 Å². The average Bonchev–Trinajstić information content (AvgIpc) is 2.83. The number of amides is 4. The third-order valence-corrected chi connectivity index (χ3v) is 5.08. The van der Waals surface area contributed by atoms with Crippen LogP contribution in [0.15, 0.2) is 18.2 Å². The molecule has 9 nitrogen and oxygen atoms in total. The molecule has 0 bridgehead atoms. The van der Waals surface area contributed by atoms with Crippen molar-refractivity contribution in [2.24, 2.45) is 0 Å². The zero-order valence-corrected chi connectivity index (χ0v) is 15.5. The van der Waals surface area contributed by atoms with E-state index in [0.717, 1.165) is 11.2 Å². The SMILES string of the molecule is CCC(OS(C)(=O)=O)c1ccc2c(c1)C(=O)N(C1CCC(=O)NC1=O)C2=O. The summed E-state index contributed by atoms with van der Waals surface area (Å²) in [5.74, 6) is -2.40. The average molecular weight is 394 g/mol. The van der Waals surface area contributed by atoms with Crippen molar-refractivity contribution in [1.82, 2.24) is 10.2 Å². The van der Waals surface area contributed by atoms with Crippen LogP contribution in [0.2, 0.25) is 0 Å². The molecule has 27 heavy (non-hydrogen) atoms. The van der Waals surface area contributed by atoms with E-state index >= 15 is 0 Å². The van der Waals surface area contributed by atoms with E-state index in [1.165, 1.54) is 18.2 Å². The molecule has 2 unspecified atom stereocenters. The third kappa shape index (κ3) is 3.62. The first kappa shape index (κ1) is 19.2. The lowest BCUT2D eigenvalue weighted by Crippen LogP contribution is -2.54. The predicted octanol–water partition coefficient (Wildman–Crippen LogP) is 0.515. The maximum atomic E-state index is 12.8. The molecule has 1 N–H and O–H groups in total. The van der Waals surface area contributed by atoms with E-state index in [1.54, 1.807) is 6.92 Å². The van der Waals surface area contributed by atoms with Crippen LogP contribution in [0.4, 0.5) is 0 Å². The van der Waals surface area contributed by atoms with Crippen molar-refractivity contribution in [3.05, 3.63) is 34.9 Å². The molecule has 2 aliphatic rings. The molecule has 0 saturated carbocycles. The lowest BCUT2D eigenvalue weighted by molar-refractivity contribution is -0.136. The fourth-order valence-corrected chi connectivity index (χ4v) is 3.93. The molecule has 2 aliphatic heterocycles. The molecular formula is C17H18N2O7S. The quantitative estimate of drug-likeness (QED) is 0.569. The smallest absolute Gasteiger partial charge is 0.264 e. The normalized spacial score (nSPS) is 21.3. The number of benzene rings is 1. The number of hydrogen-bond acceptors (Lipinski definition) is 7. The lowest BCUT2D eigenvalue weighted by Gasteiger charge is -2.27. The van der Waals surface area contributed by atoms with E-state index in [0.29, 0.717) is 12.0 Å². The summed E-state index contributed by atoms with van der Waals surface area (Å²) < 4.78 is 27.9. The summed E-state index contributed by atoms with van der Waals surface area (Å²) in [6, 6.07) is 3.32. The molecule has 1 aromatic carbocycles. The van der Waals surface area contributed by atoms with Gasteiger partial charge in [0.15, 0.2) is 0 Å². The van der Waals surface area contributed by atoms with Gasteiger partial charge in [-0.2, -0.15) is 8.42 Å². The van der Waals surface area contributed by atoms with Crippen molar-refractivity contribution in [3.8, 4) is 0 Å². The Hall–Kier alpha value is -2.59. The minimum absolute atomic E-state index is 0.0369. The van der Waals surface area contributed by atoms with Crippen LogP contribution in [0, 0.1) is 0 Å². The third-order valence-electron chi connectivity index (χ3n) is 4.50. The minimum Gasteiger partial charge on any atom is -0.295 e. The van der Waals surface area contributed by atoms with E-state index in [-0.39, 0.29) is 24.0 Å². The van der Waals surface area contributed by atoms with Crippen molar-refractivity contribution in [3.63, 3.8) is 0 Å². The number of rotatable bonds is 5. The van der Waals surface area contributed by atoms with Gasteiger partial charge in [-0.05, 0) is 30.5 Å². The molecule has 1 fully saturated rings. The molecule has 2 heterocycles. The summed E-state index contributed by atoms with van der Waals surface area (Å²) in [5, 5.41) is 2.13. The fraction of sp³-hybridized carbons (Fsp3) is 0.412. The minimum atomic E-state index is -3.71. The standard InChI is InChI=1S/C17H18N2O7S/c1-3-13(26-27(2,24)25)9-4-5-10-11(8-9)17(23)19(16(10)22)12-6-7-14(20)18-15(12)21/h4-5,8,12-13H,3,6-7H2,1-2H3,(H,18,20,21). The highest BCUT2D eigenvalue weighted by Gasteiger charge is 2.44. The van der Waals surface area contributed by atoms with E-state index in [2.05, 4.69) is 5.32 Å². The Balaban J connectivity index is 1.93. The Bertz CT molecular complexity index is 954. The fourth-order valence-electron chi connectivity index (χ4n) is 3.26. The molecule has 4 amide bonds. The Morgan fingerprint density at radius 1 is 1.19 bits per heavy atom. The van der Waals surface area contributed by atoms with E-state index in [9.17, 15) is 27.6 Å². The van der Waals surface area contributed by atoms with Crippen molar-refractivity contribution in [2.45, 2.75) is 38.3 Å². The van der Waals surface area contributed by atoms with Gasteiger partial charge in [-0.25, -0.2) is 0 Å². The van der Waals surface area contributed by atoms with Crippen LogP contribution < -0.4 is 5.32 Å². The summed E-state index contributed by atoms with van der Waals surface area (Å²) >= 11 is 0. The second kappa shape index (κ2) is 6.86. The van der Waals surface area contributed by atoms with Gasteiger partial charge in [0.2, 0.25) is 11.8 Å². The molecule has 0 aromatic heterocycles. The number of fused-ring (bicyclic) bond motifs is 1. The molecule has 0 radical (unpaired) electrons.